The number of ether oxygens (including phenoxy) is 1. The SMILES string of the molecule is C1=NN(c2nonc2-c2ncncn2)CO1. The van der Waals surface area contributed by atoms with Crippen LogP contribution in [0.2, 0.25) is 0 Å². The van der Waals surface area contributed by atoms with Crippen molar-refractivity contribution in [2.24, 2.45) is 5.10 Å². The summed E-state index contributed by atoms with van der Waals surface area (Å²) in [5, 5.41) is 12.8. The Bertz CT molecular complexity index is 510. The Balaban J connectivity index is 2.02. The molecule has 80 valence electrons. The highest BCUT2D eigenvalue weighted by molar-refractivity contribution is 5.67. The second-order valence-corrected chi connectivity index (χ2v) is 2.81. The van der Waals surface area contributed by atoms with Crippen molar-refractivity contribution >= 4 is 12.2 Å². The van der Waals surface area contributed by atoms with E-state index in [9.17, 15) is 0 Å². The molecule has 1 aliphatic rings. The van der Waals surface area contributed by atoms with Gasteiger partial charge in [0.05, 0.1) is 0 Å². The monoisotopic (exact) mass is 219 g/mol. The van der Waals surface area contributed by atoms with Crippen LogP contribution in [0.3, 0.4) is 0 Å². The minimum absolute atomic E-state index is 0.256. The average Bonchev–Trinajstić information content (AvgIpc) is 3.01. The van der Waals surface area contributed by atoms with Gasteiger partial charge in [0.25, 0.3) is 0 Å². The number of aromatic nitrogens is 5. The smallest absolute Gasteiger partial charge is 0.228 e. The highest BCUT2D eigenvalue weighted by Crippen LogP contribution is 2.24. The summed E-state index contributed by atoms with van der Waals surface area (Å²) in [4.78, 5) is 11.6. The van der Waals surface area contributed by atoms with Crippen LogP contribution >= 0.6 is 0 Å². The zero-order valence-corrected chi connectivity index (χ0v) is 7.89. The van der Waals surface area contributed by atoms with Gasteiger partial charge < -0.3 is 4.74 Å². The van der Waals surface area contributed by atoms with Crippen LogP contribution in [0.25, 0.3) is 11.5 Å². The molecule has 3 rings (SSSR count). The van der Waals surface area contributed by atoms with Gasteiger partial charge in [-0.1, -0.05) is 0 Å². The van der Waals surface area contributed by atoms with Gasteiger partial charge in [0.2, 0.25) is 5.82 Å². The van der Waals surface area contributed by atoms with Gasteiger partial charge in [0.15, 0.2) is 24.6 Å². The van der Waals surface area contributed by atoms with Crippen LogP contribution in [0.4, 0.5) is 5.82 Å². The molecule has 0 fully saturated rings. The molecule has 3 heterocycles. The van der Waals surface area contributed by atoms with Gasteiger partial charge in [-0.2, -0.15) is 0 Å². The zero-order valence-electron chi connectivity index (χ0n) is 7.89. The minimum Gasteiger partial charge on any atom is -0.459 e. The van der Waals surface area contributed by atoms with Crippen molar-refractivity contribution in [3.63, 3.8) is 0 Å². The van der Waals surface area contributed by atoms with Crippen molar-refractivity contribution in [1.29, 1.82) is 0 Å². The van der Waals surface area contributed by atoms with Gasteiger partial charge in [-0.05, 0) is 10.3 Å². The molecule has 0 aliphatic carbocycles. The topological polar surface area (TPSA) is 102 Å². The first kappa shape index (κ1) is 8.71. The van der Waals surface area contributed by atoms with Gasteiger partial charge in [0, 0.05) is 0 Å². The van der Waals surface area contributed by atoms with E-state index < -0.39 is 0 Å². The average molecular weight is 219 g/mol. The maximum atomic E-state index is 4.94. The van der Waals surface area contributed by atoms with Crippen LogP contribution in [0.5, 0.6) is 0 Å². The molecule has 0 radical (unpaired) electrons. The fourth-order valence-corrected chi connectivity index (χ4v) is 1.20. The van der Waals surface area contributed by atoms with Gasteiger partial charge in [-0.3, -0.25) is 0 Å². The molecule has 16 heavy (non-hydrogen) atoms. The Hall–Kier alpha value is -2.58. The molecule has 0 bridgehead atoms. The van der Waals surface area contributed by atoms with Crippen molar-refractivity contribution in [1.82, 2.24) is 25.3 Å². The Morgan fingerprint density at radius 1 is 1.19 bits per heavy atom. The van der Waals surface area contributed by atoms with E-state index in [2.05, 4.69) is 35.0 Å². The number of hydrogen-bond donors (Lipinski definition) is 0. The largest absolute Gasteiger partial charge is 0.459 e. The van der Waals surface area contributed by atoms with E-state index in [4.69, 9.17) is 4.74 Å². The Labute approximate surface area is 88.7 Å². The summed E-state index contributed by atoms with van der Waals surface area (Å²) in [7, 11) is 0. The molecule has 0 spiro atoms. The lowest BCUT2D eigenvalue weighted by Gasteiger charge is -2.06. The normalized spacial score (nSPS) is 14.1. The summed E-state index contributed by atoms with van der Waals surface area (Å²) in [6, 6.07) is 0. The molecular formula is C7H5N7O2. The fraction of sp³-hybridized carbons (Fsp3) is 0.143. The molecule has 9 nitrogen and oxygen atoms in total. The van der Waals surface area contributed by atoms with Crippen molar-refractivity contribution in [3.8, 4) is 11.5 Å². The second-order valence-electron chi connectivity index (χ2n) is 2.81. The molecule has 0 saturated carbocycles. The molecule has 0 unspecified atom stereocenters. The van der Waals surface area contributed by atoms with E-state index in [1.54, 1.807) is 0 Å². The summed E-state index contributed by atoms with van der Waals surface area (Å²) in [5.74, 6) is 0.772. The molecule has 2 aromatic rings. The van der Waals surface area contributed by atoms with Crippen molar-refractivity contribution in [3.05, 3.63) is 12.7 Å². The molecule has 0 N–H and O–H groups in total. The third kappa shape index (κ3) is 1.34. The highest BCUT2D eigenvalue weighted by Gasteiger charge is 2.22. The Morgan fingerprint density at radius 2 is 2.06 bits per heavy atom. The van der Waals surface area contributed by atoms with Crippen LogP contribution in [-0.4, -0.2) is 38.4 Å². The lowest BCUT2D eigenvalue weighted by Crippen LogP contribution is -2.14. The van der Waals surface area contributed by atoms with E-state index in [1.165, 1.54) is 24.1 Å². The lowest BCUT2D eigenvalue weighted by atomic mass is 10.4. The van der Waals surface area contributed by atoms with E-state index >= 15 is 0 Å². The summed E-state index contributed by atoms with van der Waals surface area (Å²) >= 11 is 0. The van der Waals surface area contributed by atoms with Crippen LogP contribution in [-0.2, 0) is 4.74 Å². The molecule has 0 saturated heterocycles. The number of anilines is 1. The van der Waals surface area contributed by atoms with E-state index in [-0.39, 0.29) is 6.73 Å². The van der Waals surface area contributed by atoms with E-state index in [0.29, 0.717) is 17.3 Å². The Kier molecular flexibility index (Phi) is 1.92. The van der Waals surface area contributed by atoms with Crippen LogP contribution < -0.4 is 5.01 Å². The third-order valence-corrected chi connectivity index (χ3v) is 1.88. The van der Waals surface area contributed by atoms with Crippen molar-refractivity contribution in [2.45, 2.75) is 0 Å². The molecule has 1 aliphatic heterocycles. The molecule has 2 aromatic heterocycles. The number of nitrogens with zero attached hydrogens (tertiary/aromatic N) is 7. The fourth-order valence-electron chi connectivity index (χ4n) is 1.20. The maximum absolute atomic E-state index is 4.94. The summed E-state index contributed by atoms with van der Waals surface area (Å²) in [6.45, 7) is 0.256. The third-order valence-electron chi connectivity index (χ3n) is 1.88. The number of hydrazone groups is 1. The first-order valence-corrected chi connectivity index (χ1v) is 4.31. The summed E-state index contributed by atoms with van der Waals surface area (Å²) < 4.78 is 9.58. The zero-order chi connectivity index (χ0) is 10.8. The number of rotatable bonds is 2. The first-order valence-electron chi connectivity index (χ1n) is 4.31. The predicted octanol–water partition coefficient (Wildman–Crippen LogP) is -0.341. The molecule has 0 amide bonds. The molecular weight excluding hydrogens is 214 g/mol. The number of hydrogen-bond acceptors (Lipinski definition) is 9. The standard InChI is InChI=1S/C7H5N7O2/c1-8-2-10-6(9-1)5-7(13-16-12-5)14-4-15-3-11-14/h1-3H,4H2. The first-order chi connectivity index (χ1) is 7.95. The van der Waals surface area contributed by atoms with Gasteiger partial charge in [-0.15, -0.1) is 5.10 Å². The maximum Gasteiger partial charge on any atom is 0.228 e. The predicted molar refractivity (Wildman–Crippen MR) is 50.0 cm³/mol. The molecule has 0 atom stereocenters. The summed E-state index contributed by atoms with van der Waals surface area (Å²) in [6.07, 6.45) is 4.04. The van der Waals surface area contributed by atoms with Gasteiger partial charge in [0.1, 0.15) is 12.7 Å². The van der Waals surface area contributed by atoms with Gasteiger partial charge in [-0.25, -0.2) is 24.6 Å². The second kappa shape index (κ2) is 3.53. The quantitative estimate of drug-likeness (QED) is 0.675. The minimum atomic E-state index is 0.256. The van der Waals surface area contributed by atoms with Crippen LogP contribution in [0.1, 0.15) is 0 Å². The van der Waals surface area contributed by atoms with Crippen LogP contribution in [0.15, 0.2) is 22.4 Å². The summed E-state index contributed by atoms with van der Waals surface area (Å²) in [5.41, 5.74) is 0.394. The highest BCUT2D eigenvalue weighted by atomic mass is 16.6. The Morgan fingerprint density at radius 3 is 2.81 bits per heavy atom. The molecule has 0 aromatic carbocycles. The van der Waals surface area contributed by atoms with Crippen molar-refractivity contribution in [2.75, 3.05) is 11.7 Å². The molecule has 9 heteroatoms. The van der Waals surface area contributed by atoms with E-state index in [1.807, 2.05) is 0 Å². The van der Waals surface area contributed by atoms with E-state index in [0.717, 1.165) is 0 Å². The lowest BCUT2D eigenvalue weighted by molar-refractivity contribution is 0.304. The van der Waals surface area contributed by atoms with Crippen LogP contribution in [0, 0.1) is 0 Å². The van der Waals surface area contributed by atoms with Crippen molar-refractivity contribution < 1.29 is 9.37 Å². The van der Waals surface area contributed by atoms with Gasteiger partial charge >= 0.3 is 0 Å².